The molecule has 0 unspecified atom stereocenters. The molecule has 1 aromatic carbocycles. The maximum absolute atomic E-state index is 13.2. The lowest BCUT2D eigenvalue weighted by Crippen LogP contribution is -2.24. The first-order valence-corrected chi connectivity index (χ1v) is 6.33. The molecule has 0 saturated heterocycles. The minimum absolute atomic E-state index is 0.175. The van der Waals surface area contributed by atoms with Crippen LogP contribution in [0.1, 0.15) is 12.0 Å². The van der Waals surface area contributed by atoms with Crippen molar-refractivity contribution in [2.75, 3.05) is 46.2 Å². The van der Waals surface area contributed by atoms with Crippen LogP contribution in [0.15, 0.2) is 18.2 Å². The van der Waals surface area contributed by atoms with E-state index in [9.17, 15) is 4.39 Å². The topological polar surface area (TPSA) is 18.5 Å². The van der Waals surface area contributed by atoms with Crippen molar-refractivity contribution in [2.24, 2.45) is 0 Å². The number of benzene rings is 1. The van der Waals surface area contributed by atoms with Crippen LogP contribution in [0, 0.1) is 5.82 Å². The van der Waals surface area contributed by atoms with E-state index in [1.807, 2.05) is 13.1 Å². The second kappa shape index (κ2) is 7.34. The Morgan fingerprint density at radius 1 is 1.17 bits per heavy atom. The lowest BCUT2D eigenvalue weighted by molar-refractivity contribution is 0.401. The summed E-state index contributed by atoms with van der Waals surface area (Å²) >= 11 is 0. The van der Waals surface area contributed by atoms with Crippen molar-refractivity contribution in [3.05, 3.63) is 29.6 Å². The van der Waals surface area contributed by atoms with Crippen molar-refractivity contribution in [2.45, 2.75) is 13.0 Å². The van der Waals surface area contributed by atoms with Gasteiger partial charge in [0.2, 0.25) is 0 Å². The molecule has 0 radical (unpaired) electrons. The van der Waals surface area contributed by atoms with Gasteiger partial charge in [0.1, 0.15) is 5.82 Å². The van der Waals surface area contributed by atoms with E-state index in [0.29, 0.717) is 6.54 Å². The molecule has 18 heavy (non-hydrogen) atoms. The van der Waals surface area contributed by atoms with Gasteiger partial charge in [-0.1, -0.05) is 0 Å². The summed E-state index contributed by atoms with van der Waals surface area (Å²) in [6.07, 6.45) is 1.10. The average molecular weight is 253 g/mol. The first-order valence-electron chi connectivity index (χ1n) is 6.33. The summed E-state index contributed by atoms with van der Waals surface area (Å²) in [7, 11) is 8.08. The molecule has 0 aromatic heterocycles. The van der Waals surface area contributed by atoms with Gasteiger partial charge in [-0.2, -0.15) is 0 Å². The normalized spacial score (nSPS) is 11.0. The van der Waals surface area contributed by atoms with E-state index >= 15 is 0 Å². The maximum atomic E-state index is 13.2. The average Bonchev–Trinajstić information content (AvgIpc) is 2.29. The minimum Gasteiger partial charge on any atom is -0.374 e. The molecule has 1 N–H and O–H groups in total. The van der Waals surface area contributed by atoms with Crippen molar-refractivity contribution >= 4 is 5.69 Å². The van der Waals surface area contributed by atoms with E-state index in [1.54, 1.807) is 6.07 Å². The summed E-state index contributed by atoms with van der Waals surface area (Å²) < 4.78 is 13.2. The molecule has 0 spiro atoms. The summed E-state index contributed by atoms with van der Waals surface area (Å²) in [5, 5.41) is 3.08. The van der Waals surface area contributed by atoms with Crippen LogP contribution in [0.5, 0.6) is 0 Å². The fraction of sp³-hybridized carbons (Fsp3) is 0.571. The molecule has 0 aliphatic rings. The molecule has 0 aliphatic heterocycles. The number of nitrogens with zero attached hydrogens (tertiary/aromatic N) is 2. The van der Waals surface area contributed by atoms with Crippen LogP contribution in [0.2, 0.25) is 0 Å². The van der Waals surface area contributed by atoms with Crippen LogP contribution in [-0.2, 0) is 6.54 Å². The van der Waals surface area contributed by atoms with Crippen molar-refractivity contribution in [3.8, 4) is 0 Å². The highest BCUT2D eigenvalue weighted by molar-refractivity contribution is 5.53. The lowest BCUT2D eigenvalue weighted by Gasteiger charge is -2.23. The van der Waals surface area contributed by atoms with E-state index in [-0.39, 0.29) is 5.82 Å². The highest BCUT2D eigenvalue weighted by Gasteiger charge is 2.08. The Labute approximate surface area is 110 Å². The maximum Gasteiger partial charge on any atom is 0.123 e. The van der Waals surface area contributed by atoms with Crippen molar-refractivity contribution in [1.29, 1.82) is 0 Å². The SMILES string of the molecule is CNCc1cc(F)ccc1N(C)CCCN(C)C. The Hall–Kier alpha value is -1.13. The summed E-state index contributed by atoms with van der Waals surface area (Å²) in [4.78, 5) is 4.36. The first-order chi connectivity index (χ1) is 8.54. The van der Waals surface area contributed by atoms with Gasteiger partial charge < -0.3 is 15.1 Å². The van der Waals surface area contributed by atoms with Gasteiger partial charge in [0.05, 0.1) is 0 Å². The molecule has 102 valence electrons. The summed E-state index contributed by atoms with van der Waals surface area (Å²) in [6.45, 7) is 2.72. The van der Waals surface area contributed by atoms with Crippen LogP contribution in [0.25, 0.3) is 0 Å². The van der Waals surface area contributed by atoms with Crippen molar-refractivity contribution < 1.29 is 4.39 Å². The third-order valence-corrected chi connectivity index (χ3v) is 2.92. The number of hydrogen-bond donors (Lipinski definition) is 1. The van der Waals surface area contributed by atoms with Gasteiger partial charge in [-0.15, -0.1) is 0 Å². The third kappa shape index (κ3) is 4.63. The minimum atomic E-state index is -0.175. The fourth-order valence-electron chi connectivity index (χ4n) is 2.00. The van der Waals surface area contributed by atoms with E-state index in [1.165, 1.54) is 6.07 Å². The molecular formula is C14H24FN3. The number of hydrogen-bond acceptors (Lipinski definition) is 3. The van der Waals surface area contributed by atoms with Crippen molar-refractivity contribution in [3.63, 3.8) is 0 Å². The van der Waals surface area contributed by atoms with E-state index in [0.717, 1.165) is 30.8 Å². The second-order valence-corrected chi connectivity index (χ2v) is 4.88. The van der Waals surface area contributed by atoms with Gasteiger partial charge in [-0.3, -0.25) is 0 Å². The molecule has 0 heterocycles. The van der Waals surface area contributed by atoms with Crippen LogP contribution < -0.4 is 10.2 Å². The number of halogens is 1. The molecule has 0 aliphatic carbocycles. The van der Waals surface area contributed by atoms with E-state index < -0.39 is 0 Å². The number of rotatable bonds is 7. The van der Waals surface area contributed by atoms with Gasteiger partial charge in [-0.25, -0.2) is 4.39 Å². The summed E-state index contributed by atoms with van der Waals surface area (Å²) in [5.74, 6) is -0.175. The molecule has 0 saturated carbocycles. The van der Waals surface area contributed by atoms with Crippen LogP contribution in [0.3, 0.4) is 0 Å². The van der Waals surface area contributed by atoms with Gasteiger partial charge >= 0.3 is 0 Å². The molecule has 1 aromatic rings. The van der Waals surface area contributed by atoms with E-state index in [2.05, 4.69) is 36.3 Å². The highest BCUT2D eigenvalue weighted by atomic mass is 19.1. The standard InChI is InChI=1S/C14H24FN3/c1-16-11-12-10-13(15)6-7-14(12)18(4)9-5-8-17(2)3/h6-7,10,16H,5,8-9,11H2,1-4H3. The van der Waals surface area contributed by atoms with E-state index in [4.69, 9.17) is 0 Å². The Morgan fingerprint density at radius 3 is 2.50 bits per heavy atom. The monoisotopic (exact) mass is 253 g/mol. The van der Waals surface area contributed by atoms with Gasteiger partial charge in [0.15, 0.2) is 0 Å². The number of nitrogens with one attached hydrogen (secondary N) is 1. The molecule has 1 rings (SSSR count). The van der Waals surface area contributed by atoms with Crippen LogP contribution in [-0.4, -0.2) is 46.2 Å². The Morgan fingerprint density at radius 2 is 1.89 bits per heavy atom. The molecule has 0 amide bonds. The Balaban J connectivity index is 2.68. The zero-order chi connectivity index (χ0) is 13.5. The third-order valence-electron chi connectivity index (χ3n) is 2.92. The molecule has 3 nitrogen and oxygen atoms in total. The Kier molecular flexibility index (Phi) is 6.09. The van der Waals surface area contributed by atoms with Gasteiger partial charge in [-0.05, 0) is 57.9 Å². The van der Waals surface area contributed by atoms with Gasteiger partial charge in [0, 0.05) is 25.8 Å². The predicted octanol–water partition coefficient (Wildman–Crippen LogP) is 1.93. The molecule has 0 fully saturated rings. The highest BCUT2D eigenvalue weighted by Crippen LogP contribution is 2.20. The smallest absolute Gasteiger partial charge is 0.123 e. The summed E-state index contributed by atoms with van der Waals surface area (Å²) in [5.41, 5.74) is 2.11. The summed E-state index contributed by atoms with van der Waals surface area (Å²) in [6, 6.07) is 4.99. The predicted molar refractivity (Wildman–Crippen MR) is 75.6 cm³/mol. The first kappa shape index (κ1) is 14.9. The van der Waals surface area contributed by atoms with Crippen molar-refractivity contribution in [1.82, 2.24) is 10.2 Å². The molecule has 0 bridgehead atoms. The molecule has 4 heteroatoms. The lowest BCUT2D eigenvalue weighted by atomic mass is 10.1. The Bertz CT molecular complexity index is 366. The molecule has 0 atom stereocenters. The largest absolute Gasteiger partial charge is 0.374 e. The second-order valence-electron chi connectivity index (χ2n) is 4.88. The number of anilines is 1. The van der Waals surface area contributed by atoms with Crippen LogP contribution in [0.4, 0.5) is 10.1 Å². The fourth-order valence-corrected chi connectivity index (χ4v) is 2.00. The quantitative estimate of drug-likeness (QED) is 0.801. The van der Waals surface area contributed by atoms with Gasteiger partial charge in [0.25, 0.3) is 0 Å². The zero-order valence-corrected chi connectivity index (χ0v) is 11.8. The van der Waals surface area contributed by atoms with Crippen LogP contribution >= 0.6 is 0 Å². The zero-order valence-electron chi connectivity index (χ0n) is 11.8. The molecular weight excluding hydrogens is 229 g/mol.